The summed E-state index contributed by atoms with van der Waals surface area (Å²) >= 11 is 0. The van der Waals surface area contributed by atoms with Gasteiger partial charge in [-0.2, -0.15) is 0 Å². The van der Waals surface area contributed by atoms with Crippen LogP contribution in [0, 0.1) is 23.7 Å². The van der Waals surface area contributed by atoms with E-state index in [0.717, 1.165) is 25.7 Å². The molecule has 1 amide bonds. The first-order valence-corrected chi connectivity index (χ1v) is 30.6. The van der Waals surface area contributed by atoms with Crippen molar-refractivity contribution in [1.82, 2.24) is 5.32 Å². The summed E-state index contributed by atoms with van der Waals surface area (Å²) in [4.78, 5) is 13.8. The molecule has 1 aromatic rings. The maximum Gasteiger partial charge on any atom is 0.251 e. The predicted octanol–water partition coefficient (Wildman–Crippen LogP) is -2.19. The molecule has 0 aliphatic carbocycles. The molecule has 0 spiro atoms. The van der Waals surface area contributed by atoms with Crippen LogP contribution in [0.15, 0.2) is 36.4 Å². The maximum atomic E-state index is 13.8. The molecule has 28 nitrogen and oxygen atoms in total. The Labute approximate surface area is 507 Å². The normalized spacial score (nSPS) is 43.8. The minimum absolute atomic E-state index is 0.136. The second kappa shape index (κ2) is 33.7. The first-order chi connectivity index (χ1) is 41.6. The fourth-order valence-corrected chi connectivity index (χ4v) is 11.8. The van der Waals surface area contributed by atoms with E-state index in [9.17, 15) is 71.2 Å². The summed E-state index contributed by atoms with van der Waals surface area (Å²) in [6.45, 7) is 6.73. The summed E-state index contributed by atoms with van der Waals surface area (Å²) in [5.74, 6) is -4.19. The SMILES string of the molecule is CCCCCC/C=C\CCCOc1cccc(C(=O)NC2[C@H](O[C@H]3C(O)C(C)C(OC4C(CO)O[C@@H](O[C@H]5C(O)C(C)C(OC6C(CO[C@@H]7OC(C)C(O)[C@H](O)[C@H]7OC)OC(O)[C@@H](C)[C@H]6O)O[C@H]5CO)[C@@H](C)[C@H]4O)O[C@H]3CO)OC(CO)[C@@H](O)[C@@H]2O)c1. The molecule has 6 fully saturated rings. The average Bonchev–Trinajstić information content (AvgIpc) is 2.55. The van der Waals surface area contributed by atoms with Crippen LogP contribution in [0.4, 0.5) is 0 Å². The Balaban J connectivity index is 0.956. The third kappa shape index (κ3) is 17.3. The Kier molecular flexibility index (Phi) is 27.8. The second-order valence-corrected chi connectivity index (χ2v) is 23.8. The predicted molar refractivity (Wildman–Crippen MR) is 299 cm³/mol. The van der Waals surface area contributed by atoms with Crippen LogP contribution in [0.2, 0.25) is 0 Å². The van der Waals surface area contributed by atoms with Gasteiger partial charge in [-0.3, -0.25) is 4.79 Å². The van der Waals surface area contributed by atoms with E-state index in [1.807, 2.05) is 0 Å². The molecule has 6 aliphatic rings. The van der Waals surface area contributed by atoms with Gasteiger partial charge in [-0.05, 0) is 50.8 Å². The highest BCUT2D eigenvalue weighted by Gasteiger charge is 2.56. The third-order valence-corrected chi connectivity index (χ3v) is 17.6. The fourth-order valence-electron chi connectivity index (χ4n) is 11.8. The number of allylic oxidation sites excluding steroid dienone is 2. The van der Waals surface area contributed by atoms with E-state index in [-0.39, 0.29) is 5.56 Å². The van der Waals surface area contributed by atoms with Crippen molar-refractivity contribution in [2.45, 2.75) is 246 Å². The van der Waals surface area contributed by atoms with Crippen molar-refractivity contribution in [3.63, 3.8) is 0 Å². The maximum absolute atomic E-state index is 13.8. The van der Waals surface area contributed by atoms with Gasteiger partial charge >= 0.3 is 0 Å². The van der Waals surface area contributed by atoms with Crippen LogP contribution in [-0.4, -0.2) is 279 Å². The smallest absolute Gasteiger partial charge is 0.251 e. The van der Waals surface area contributed by atoms with E-state index in [4.69, 9.17) is 61.6 Å². The van der Waals surface area contributed by atoms with Gasteiger partial charge in [0.2, 0.25) is 0 Å². The number of carbonyl (C=O) groups excluding carboxylic acids is 1. The van der Waals surface area contributed by atoms with E-state index in [0.29, 0.717) is 12.4 Å². The molecule has 0 bridgehead atoms. The molecule has 6 aliphatic heterocycles. The molecule has 87 heavy (non-hydrogen) atoms. The summed E-state index contributed by atoms with van der Waals surface area (Å²) < 4.78 is 78.2. The van der Waals surface area contributed by atoms with Gasteiger partial charge in [0.25, 0.3) is 5.91 Å². The monoisotopic (exact) mass is 1250 g/mol. The number of aliphatic hydroxyl groups is 13. The van der Waals surface area contributed by atoms with Gasteiger partial charge in [0.05, 0.1) is 70.2 Å². The van der Waals surface area contributed by atoms with Gasteiger partial charge in [0.15, 0.2) is 37.7 Å². The second-order valence-electron chi connectivity index (χ2n) is 23.8. The van der Waals surface area contributed by atoms with Crippen molar-refractivity contribution in [1.29, 1.82) is 0 Å². The molecule has 1 aromatic carbocycles. The summed E-state index contributed by atoms with van der Waals surface area (Å²) in [5.41, 5.74) is 0.136. The molecule has 28 heteroatoms. The van der Waals surface area contributed by atoms with Crippen LogP contribution >= 0.6 is 0 Å². The summed E-state index contributed by atoms with van der Waals surface area (Å²) in [7, 11) is 1.29. The summed E-state index contributed by atoms with van der Waals surface area (Å²) in [5, 5.41) is 146. The van der Waals surface area contributed by atoms with E-state index in [1.165, 1.54) is 66.2 Å². The number of amides is 1. The Morgan fingerprint density at radius 3 is 1.53 bits per heavy atom. The standard InChI is InChI=1S/C59H97NO27/c1-8-9-10-11-12-13-14-15-16-20-76-33-19-17-18-32(21-33)53(73)60-39-46(71)45(70)34(22-61)80-58(39)87-50-37(25-64)83-56(30(5)43(50)68)85-48-35(23-62)81-55(28(3)41(48)66)84-49-36(24-63)82-57(29(4)42(49)67)86-51-38(79-54(74)27(2)40(51)65)26-77-59-52(75-7)47(72)44(69)31(6)78-59/h13-14,17-19,21,27-31,34-52,54-59,61-72,74H,8-12,15-16,20,22-26H2,1-7H3,(H,60,73)/b14-13-/t27-,28-,29?,30?,31?,34?,35?,36-,37-,38?,39?,40+,41+,42?,43?,44?,45+,46+,47-,48?,49+,50+,51?,52+,54?,55-,56?,57?,58-,59+/m0/s1. The highest BCUT2D eigenvalue weighted by Crippen LogP contribution is 2.40. The number of nitrogens with one attached hydrogen (secondary N) is 1. The molecule has 6 saturated heterocycles. The van der Waals surface area contributed by atoms with Crippen molar-refractivity contribution in [3.05, 3.63) is 42.0 Å². The molecule has 30 atom stereocenters. The zero-order valence-electron chi connectivity index (χ0n) is 50.5. The van der Waals surface area contributed by atoms with Crippen molar-refractivity contribution < 1.29 is 133 Å². The highest BCUT2D eigenvalue weighted by atomic mass is 16.8. The molecule has 15 unspecified atom stereocenters. The van der Waals surface area contributed by atoms with Gasteiger partial charge in [-0.15, -0.1) is 0 Å². The van der Waals surface area contributed by atoms with Crippen molar-refractivity contribution >= 4 is 5.91 Å². The lowest BCUT2D eigenvalue weighted by molar-refractivity contribution is -0.380. The number of benzene rings is 1. The average molecular weight is 1250 g/mol. The van der Waals surface area contributed by atoms with E-state index in [2.05, 4.69) is 24.4 Å². The van der Waals surface area contributed by atoms with Gasteiger partial charge in [0.1, 0.15) is 97.2 Å². The molecular formula is C59H97NO27. The van der Waals surface area contributed by atoms with E-state index >= 15 is 0 Å². The van der Waals surface area contributed by atoms with Gasteiger partial charge in [-0.1, -0.05) is 72.1 Å². The van der Waals surface area contributed by atoms with Crippen LogP contribution < -0.4 is 10.1 Å². The first-order valence-electron chi connectivity index (χ1n) is 30.6. The molecule has 500 valence electrons. The van der Waals surface area contributed by atoms with Crippen molar-refractivity contribution in [2.75, 3.05) is 46.8 Å². The van der Waals surface area contributed by atoms with E-state index in [1.54, 1.807) is 19.1 Å². The molecule has 0 radical (unpaired) electrons. The number of hydrogen-bond donors (Lipinski definition) is 14. The lowest BCUT2D eigenvalue weighted by atomic mass is 9.89. The van der Waals surface area contributed by atoms with Crippen LogP contribution in [0.25, 0.3) is 0 Å². The molecule has 7 rings (SSSR count). The van der Waals surface area contributed by atoms with Crippen molar-refractivity contribution in [3.8, 4) is 5.75 Å². The van der Waals surface area contributed by atoms with E-state index < -0.39 is 222 Å². The van der Waals surface area contributed by atoms with Gasteiger partial charge < -0.3 is 133 Å². The lowest BCUT2D eigenvalue weighted by Crippen LogP contribution is -2.67. The number of methoxy groups -OCH3 is 1. The quantitative estimate of drug-likeness (QED) is 0.0313. The number of rotatable bonds is 28. The lowest BCUT2D eigenvalue weighted by Gasteiger charge is -2.50. The molecule has 6 heterocycles. The molecule has 0 saturated carbocycles. The van der Waals surface area contributed by atoms with Gasteiger partial charge in [-0.25, -0.2) is 0 Å². The number of carbonyl (C=O) groups is 1. The number of aliphatic hydroxyl groups excluding tert-OH is 13. The van der Waals surface area contributed by atoms with Crippen LogP contribution in [0.3, 0.4) is 0 Å². The number of ether oxygens (including phenoxy) is 13. The zero-order chi connectivity index (χ0) is 63.4. The zero-order valence-corrected chi connectivity index (χ0v) is 50.5. The number of hydrogen-bond acceptors (Lipinski definition) is 27. The summed E-state index contributed by atoms with van der Waals surface area (Å²) in [6, 6.07) is 4.84. The Hall–Kier alpha value is -2.77. The van der Waals surface area contributed by atoms with Crippen molar-refractivity contribution in [2.24, 2.45) is 23.7 Å². The van der Waals surface area contributed by atoms with Crippen LogP contribution in [-0.2, 0) is 56.8 Å². The largest absolute Gasteiger partial charge is 0.494 e. The third-order valence-electron chi connectivity index (χ3n) is 17.6. The minimum atomic E-state index is -1.77. The van der Waals surface area contributed by atoms with Crippen LogP contribution in [0.1, 0.15) is 96.8 Å². The Bertz CT molecular complexity index is 2220. The molecular weight excluding hydrogens is 1150 g/mol. The van der Waals surface area contributed by atoms with Crippen LogP contribution in [0.5, 0.6) is 5.75 Å². The van der Waals surface area contributed by atoms with Gasteiger partial charge in [0, 0.05) is 36.3 Å². The summed E-state index contributed by atoms with van der Waals surface area (Å²) in [6.07, 6.45) is -23.0. The fraction of sp³-hybridized carbons (Fsp3) is 0.847. The Morgan fingerprint density at radius 1 is 0.517 bits per heavy atom. The molecule has 0 aromatic heterocycles. The minimum Gasteiger partial charge on any atom is -0.494 e. The number of unbranched alkanes of at least 4 members (excludes halogenated alkanes) is 5. The first kappa shape index (κ1) is 71.7. The molecule has 14 N–H and O–H groups in total. The highest BCUT2D eigenvalue weighted by molar-refractivity contribution is 5.94. The Morgan fingerprint density at radius 2 is 1.01 bits per heavy atom. The topological polar surface area (TPSA) is 412 Å².